The molecule has 0 aromatic heterocycles. The highest BCUT2D eigenvalue weighted by molar-refractivity contribution is 6.09. The van der Waals surface area contributed by atoms with Gasteiger partial charge in [-0.05, 0) is 40.1 Å². The summed E-state index contributed by atoms with van der Waals surface area (Å²) < 4.78 is 0. The maximum atomic E-state index is 9.59. The first-order valence-corrected chi connectivity index (χ1v) is 7.16. The SMILES string of the molecule is CCc1cc2c(ccc3ccccc32)c(C#N)c1CC. The molecule has 98 valence electrons. The first-order valence-electron chi connectivity index (χ1n) is 7.16. The van der Waals surface area contributed by atoms with Gasteiger partial charge in [-0.2, -0.15) is 5.26 Å². The summed E-state index contributed by atoms with van der Waals surface area (Å²) >= 11 is 0. The zero-order valence-corrected chi connectivity index (χ0v) is 11.9. The molecule has 0 atom stereocenters. The average molecular weight is 259 g/mol. The lowest BCUT2D eigenvalue weighted by atomic mass is 9.90. The van der Waals surface area contributed by atoms with Gasteiger partial charge in [0.2, 0.25) is 0 Å². The van der Waals surface area contributed by atoms with Gasteiger partial charge in [0.1, 0.15) is 6.07 Å². The fraction of sp³-hybridized carbons (Fsp3) is 0.211. The molecule has 0 amide bonds. The van der Waals surface area contributed by atoms with Crippen molar-refractivity contribution < 1.29 is 0 Å². The van der Waals surface area contributed by atoms with Gasteiger partial charge in [-0.3, -0.25) is 0 Å². The molecule has 3 aromatic rings. The first kappa shape index (κ1) is 12.7. The van der Waals surface area contributed by atoms with Crippen molar-refractivity contribution in [3.63, 3.8) is 0 Å². The summed E-state index contributed by atoms with van der Waals surface area (Å²) in [7, 11) is 0. The van der Waals surface area contributed by atoms with Gasteiger partial charge >= 0.3 is 0 Å². The van der Waals surface area contributed by atoms with Gasteiger partial charge < -0.3 is 0 Å². The van der Waals surface area contributed by atoms with Crippen LogP contribution in [0.2, 0.25) is 0 Å². The Balaban J connectivity index is 2.55. The molecule has 0 aliphatic heterocycles. The maximum absolute atomic E-state index is 9.59. The molecule has 1 nitrogen and oxygen atoms in total. The van der Waals surface area contributed by atoms with Crippen LogP contribution in [0.3, 0.4) is 0 Å². The number of rotatable bonds is 2. The van der Waals surface area contributed by atoms with E-state index in [9.17, 15) is 5.26 Å². The van der Waals surface area contributed by atoms with Crippen LogP contribution in [0.4, 0.5) is 0 Å². The smallest absolute Gasteiger partial charge is 0.100 e. The van der Waals surface area contributed by atoms with E-state index in [0.717, 1.165) is 23.8 Å². The lowest BCUT2D eigenvalue weighted by Crippen LogP contribution is -1.97. The molecular formula is C19H17N. The van der Waals surface area contributed by atoms with Crippen molar-refractivity contribution in [2.75, 3.05) is 0 Å². The van der Waals surface area contributed by atoms with Crippen molar-refractivity contribution >= 4 is 21.5 Å². The van der Waals surface area contributed by atoms with Crippen molar-refractivity contribution in [1.82, 2.24) is 0 Å². The minimum absolute atomic E-state index is 0.854. The third-order valence-electron chi connectivity index (χ3n) is 4.09. The van der Waals surface area contributed by atoms with E-state index in [-0.39, 0.29) is 0 Å². The lowest BCUT2D eigenvalue weighted by Gasteiger charge is -2.13. The first-order chi connectivity index (χ1) is 9.80. The number of benzene rings is 3. The normalized spacial score (nSPS) is 10.8. The molecule has 0 saturated carbocycles. The third-order valence-corrected chi connectivity index (χ3v) is 4.09. The molecular weight excluding hydrogens is 242 g/mol. The predicted octanol–water partition coefficient (Wildman–Crippen LogP) is 4.99. The van der Waals surface area contributed by atoms with Gasteiger partial charge in [0.05, 0.1) is 5.56 Å². The summed E-state index contributed by atoms with van der Waals surface area (Å²) in [5, 5.41) is 14.3. The van der Waals surface area contributed by atoms with E-state index in [0.29, 0.717) is 0 Å². The number of fused-ring (bicyclic) bond motifs is 3. The Hall–Kier alpha value is -2.33. The van der Waals surface area contributed by atoms with Crippen molar-refractivity contribution in [2.24, 2.45) is 0 Å². The van der Waals surface area contributed by atoms with Crippen LogP contribution in [0, 0.1) is 11.3 Å². The fourth-order valence-corrected chi connectivity index (χ4v) is 3.10. The molecule has 20 heavy (non-hydrogen) atoms. The summed E-state index contributed by atoms with van der Waals surface area (Å²) in [5.41, 5.74) is 3.36. The largest absolute Gasteiger partial charge is 0.192 e. The predicted molar refractivity (Wildman–Crippen MR) is 84.9 cm³/mol. The van der Waals surface area contributed by atoms with Crippen LogP contribution in [-0.2, 0) is 12.8 Å². The van der Waals surface area contributed by atoms with Crippen LogP contribution >= 0.6 is 0 Å². The molecule has 1 heteroatoms. The van der Waals surface area contributed by atoms with E-state index in [1.807, 2.05) is 0 Å². The van der Waals surface area contributed by atoms with Gasteiger partial charge in [-0.1, -0.05) is 56.3 Å². The van der Waals surface area contributed by atoms with Crippen LogP contribution < -0.4 is 0 Å². The number of hydrogen-bond acceptors (Lipinski definition) is 1. The summed E-state index contributed by atoms with van der Waals surface area (Å²) in [6.07, 6.45) is 1.88. The Morgan fingerprint density at radius 1 is 0.900 bits per heavy atom. The second kappa shape index (κ2) is 4.98. The van der Waals surface area contributed by atoms with Gasteiger partial charge in [-0.15, -0.1) is 0 Å². The van der Waals surface area contributed by atoms with Crippen molar-refractivity contribution in [2.45, 2.75) is 26.7 Å². The van der Waals surface area contributed by atoms with Crippen LogP contribution in [0.5, 0.6) is 0 Å². The quantitative estimate of drug-likeness (QED) is 0.595. The molecule has 3 aromatic carbocycles. The molecule has 0 bridgehead atoms. The number of nitrogens with zero attached hydrogens (tertiary/aromatic N) is 1. The molecule has 0 saturated heterocycles. The molecule has 0 N–H and O–H groups in total. The van der Waals surface area contributed by atoms with Gasteiger partial charge in [0.25, 0.3) is 0 Å². The molecule has 0 fully saturated rings. The third kappa shape index (κ3) is 1.77. The molecule has 0 aliphatic carbocycles. The maximum Gasteiger partial charge on any atom is 0.100 e. The number of aryl methyl sites for hydroxylation is 1. The van der Waals surface area contributed by atoms with Gasteiger partial charge in [0.15, 0.2) is 0 Å². The highest BCUT2D eigenvalue weighted by Gasteiger charge is 2.12. The van der Waals surface area contributed by atoms with E-state index in [2.05, 4.69) is 62.4 Å². The number of hydrogen-bond donors (Lipinski definition) is 0. The Kier molecular flexibility index (Phi) is 3.16. The summed E-state index contributed by atoms with van der Waals surface area (Å²) in [4.78, 5) is 0. The van der Waals surface area contributed by atoms with E-state index in [1.165, 1.54) is 27.3 Å². The summed E-state index contributed by atoms with van der Waals surface area (Å²) in [6, 6.07) is 17.3. The number of nitriles is 1. The van der Waals surface area contributed by atoms with E-state index in [4.69, 9.17) is 0 Å². The molecule has 0 unspecified atom stereocenters. The van der Waals surface area contributed by atoms with Crippen molar-refractivity contribution in [3.05, 3.63) is 59.2 Å². The molecule has 0 spiro atoms. The van der Waals surface area contributed by atoms with Gasteiger partial charge in [0, 0.05) is 5.39 Å². The molecule has 0 aliphatic rings. The van der Waals surface area contributed by atoms with Crippen LogP contribution in [0.25, 0.3) is 21.5 Å². The summed E-state index contributed by atoms with van der Waals surface area (Å²) in [6.45, 7) is 4.29. The lowest BCUT2D eigenvalue weighted by molar-refractivity contribution is 1.04. The highest BCUT2D eigenvalue weighted by Crippen LogP contribution is 2.32. The van der Waals surface area contributed by atoms with Gasteiger partial charge in [-0.25, -0.2) is 0 Å². The van der Waals surface area contributed by atoms with Crippen LogP contribution in [-0.4, -0.2) is 0 Å². The van der Waals surface area contributed by atoms with Crippen LogP contribution in [0.1, 0.15) is 30.5 Å². The minimum Gasteiger partial charge on any atom is -0.192 e. The second-order valence-corrected chi connectivity index (χ2v) is 5.09. The van der Waals surface area contributed by atoms with Crippen molar-refractivity contribution in [3.8, 4) is 6.07 Å². The standard InChI is InChI=1S/C19H17N/c1-3-13-11-18-16-8-6-5-7-14(16)9-10-17(18)19(12-20)15(13)4-2/h5-11H,3-4H2,1-2H3. The van der Waals surface area contributed by atoms with Crippen LogP contribution in [0.15, 0.2) is 42.5 Å². The highest BCUT2D eigenvalue weighted by atomic mass is 14.3. The second-order valence-electron chi connectivity index (χ2n) is 5.09. The zero-order chi connectivity index (χ0) is 14.1. The molecule has 0 heterocycles. The Morgan fingerprint density at radius 3 is 2.40 bits per heavy atom. The topological polar surface area (TPSA) is 23.8 Å². The molecule has 0 radical (unpaired) electrons. The fourth-order valence-electron chi connectivity index (χ4n) is 3.10. The average Bonchev–Trinajstić information content (AvgIpc) is 2.52. The van der Waals surface area contributed by atoms with E-state index >= 15 is 0 Å². The Morgan fingerprint density at radius 2 is 1.70 bits per heavy atom. The van der Waals surface area contributed by atoms with E-state index in [1.54, 1.807) is 0 Å². The zero-order valence-electron chi connectivity index (χ0n) is 11.9. The minimum atomic E-state index is 0.854. The Bertz CT molecular complexity index is 838. The Labute approximate surface area is 119 Å². The summed E-state index contributed by atoms with van der Waals surface area (Å²) in [5.74, 6) is 0. The van der Waals surface area contributed by atoms with E-state index < -0.39 is 0 Å². The van der Waals surface area contributed by atoms with Crippen molar-refractivity contribution in [1.29, 1.82) is 5.26 Å². The molecule has 3 rings (SSSR count). The monoisotopic (exact) mass is 259 g/mol.